The number of aliphatic hydroxyl groups is 1. The van der Waals surface area contributed by atoms with Gasteiger partial charge in [-0.05, 0) is 162 Å². The molecule has 0 spiro atoms. The van der Waals surface area contributed by atoms with Gasteiger partial charge < -0.3 is 21.5 Å². The van der Waals surface area contributed by atoms with E-state index in [1.54, 1.807) is 0 Å². The molecule has 0 aromatic heterocycles. The van der Waals surface area contributed by atoms with Crippen molar-refractivity contribution in [1.29, 1.82) is 0 Å². The molecule has 0 amide bonds. The fourth-order valence-electron chi connectivity index (χ4n) is 10.7. The SMILES string of the molecule is CC(C)[C@@H](CC[C@@H](C)[C@H]1CC[C@H]2[C@@H]3[C@H](O)C[C@H]4C[C@@H](NCCCNCCCCN)CC[C@]4(C)[C@H]3CC[C@]12C)OS(=O)(=O)O.O=S(=O)(O)O. The number of unbranched alkanes of at least 4 members (excludes halogenated alkanes) is 1. The average Bonchev–Trinajstić information content (AvgIpc) is 3.32. The Kier molecular flexibility index (Phi) is 15.6. The molecule has 4 aliphatic carbocycles. The van der Waals surface area contributed by atoms with Crippen LogP contribution in [0.25, 0.3) is 0 Å². The molecule has 14 heteroatoms. The van der Waals surface area contributed by atoms with Crippen molar-refractivity contribution in [2.75, 3.05) is 26.2 Å². The highest BCUT2D eigenvalue weighted by molar-refractivity contribution is 7.81. The lowest BCUT2D eigenvalue weighted by Gasteiger charge is -2.62. The first-order valence-corrected chi connectivity index (χ1v) is 21.2. The van der Waals surface area contributed by atoms with Gasteiger partial charge in [0.25, 0.3) is 0 Å². The second-order valence-electron chi connectivity index (χ2n) is 16.4. The minimum Gasteiger partial charge on any atom is -0.393 e. The summed E-state index contributed by atoms with van der Waals surface area (Å²) in [5.74, 6) is 3.21. The molecule has 4 saturated carbocycles. The average molecular weight is 726 g/mol. The summed E-state index contributed by atoms with van der Waals surface area (Å²) in [4.78, 5) is 0. The van der Waals surface area contributed by atoms with Crippen LogP contribution in [0.15, 0.2) is 0 Å². The highest BCUT2D eigenvalue weighted by atomic mass is 32.3. The van der Waals surface area contributed by atoms with Gasteiger partial charge in [0.2, 0.25) is 0 Å². The van der Waals surface area contributed by atoms with Crippen LogP contribution in [0.3, 0.4) is 0 Å². The Balaban J connectivity index is 0.00000116. The van der Waals surface area contributed by atoms with Crippen molar-refractivity contribution in [2.45, 2.75) is 136 Å². The molecule has 0 bridgehead atoms. The van der Waals surface area contributed by atoms with Gasteiger partial charge in [0.15, 0.2) is 0 Å². The van der Waals surface area contributed by atoms with Crippen molar-refractivity contribution in [2.24, 2.45) is 58.0 Å². The van der Waals surface area contributed by atoms with Crippen molar-refractivity contribution in [3.05, 3.63) is 0 Å². The van der Waals surface area contributed by atoms with Crippen LogP contribution in [-0.2, 0) is 25.0 Å². The van der Waals surface area contributed by atoms with E-state index in [0.717, 1.165) is 58.3 Å². The Morgan fingerprint density at radius 3 is 2.08 bits per heavy atom. The first kappa shape index (κ1) is 42.0. The number of nitrogens with one attached hydrogen (secondary N) is 2. The van der Waals surface area contributed by atoms with E-state index in [1.165, 1.54) is 44.9 Å². The first-order valence-electron chi connectivity index (χ1n) is 18.5. The molecule has 0 radical (unpaired) electrons. The molecule has 11 atom stereocenters. The maximum absolute atomic E-state index is 11.8. The molecule has 0 saturated heterocycles. The molecule has 284 valence electrons. The zero-order valence-corrected chi connectivity index (χ0v) is 31.7. The van der Waals surface area contributed by atoms with Gasteiger partial charge in [-0.2, -0.15) is 16.8 Å². The van der Waals surface area contributed by atoms with Crippen molar-refractivity contribution >= 4 is 20.8 Å². The van der Waals surface area contributed by atoms with Gasteiger partial charge in [-0.25, -0.2) is 4.18 Å². The minimum absolute atomic E-state index is 0.0152. The van der Waals surface area contributed by atoms with E-state index in [2.05, 4.69) is 31.4 Å². The monoisotopic (exact) mass is 725 g/mol. The number of fused-ring (bicyclic) bond motifs is 5. The topological polar surface area (TPSA) is 209 Å². The summed E-state index contributed by atoms with van der Waals surface area (Å²) < 4.78 is 68.7. The molecule has 8 N–H and O–H groups in total. The second-order valence-corrected chi connectivity index (χ2v) is 18.3. The van der Waals surface area contributed by atoms with Gasteiger partial charge in [-0.3, -0.25) is 13.7 Å². The van der Waals surface area contributed by atoms with Gasteiger partial charge in [-0.1, -0.05) is 34.6 Å². The summed E-state index contributed by atoms with van der Waals surface area (Å²) in [6.45, 7) is 15.3. The van der Waals surface area contributed by atoms with Gasteiger partial charge in [0.1, 0.15) is 0 Å². The predicted octanol–water partition coefficient (Wildman–Crippen LogP) is 4.90. The van der Waals surface area contributed by atoms with E-state index in [0.29, 0.717) is 53.4 Å². The van der Waals surface area contributed by atoms with Crippen molar-refractivity contribution in [3.63, 3.8) is 0 Å². The Morgan fingerprint density at radius 1 is 0.833 bits per heavy atom. The molecule has 12 nitrogen and oxygen atoms in total. The molecule has 4 rings (SSSR count). The maximum atomic E-state index is 11.8. The molecular weight excluding hydrogens is 659 g/mol. The van der Waals surface area contributed by atoms with Crippen molar-refractivity contribution in [1.82, 2.24) is 10.6 Å². The lowest BCUT2D eigenvalue weighted by molar-refractivity contribution is -0.167. The molecule has 48 heavy (non-hydrogen) atoms. The highest BCUT2D eigenvalue weighted by Crippen LogP contribution is 2.68. The van der Waals surface area contributed by atoms with E-state index in [9.17, 15) is 18.1 Å². The Bertz CT molecular complexity index is 1200. The fraction of sp³-hybridized carbons (Fsp3) is 1.00. The summed E-state index contributed by atoms with van der Waals surface area (Å²) >= 11 is 0. The van der Waals surface area contributed by atoms with Crippen LogP contribution in [0.5, 0.6) is 0 Å². The van der Waals surface area contributed by atoms with E-state index < -0.39 is 26.9 Å². The summed E-state index contributed by atoms with van der Waals surface area (Å²) in [5.41, 5.74) is 6.13. The standard InChI is InChI=1S/C34H65N3O5S.H2O4S/c1-23(2)31(42-43(39,40)41)12-9-24(3)27-10-11-28-32-29(14-16-34(27,28)5)33(4)15-13-26(21-25(33)22-30(32)38)37-20-8-19-36-18-7-6-17-35;1-5(2,3)4/h23-32,36-38H,6-22,35H2,1-5H3,(H,39,40,41);(H2,1,2,3,4)/t24-,25-,26+,27-,28+,29+,30-,31-,32+,33+,34-;/m1./s1. The van der Waals surface area contributed by atoms with Gasteiger partial charge in [0.05, 0.1) is 12.2 Å². The Hall–Kier alpha value is -0.420. The Morgan fingerprint density at radius 2 is 1.46 bits per heavy atom. The number of aliphatic hydroxyl groups excluding tert-OH is 1. The summed E-state index contributed by atoms with van der Waals surface area (Å²) in [7, 11) is -9.12. The van der Waals surface area contributed by atoms with Crippen LogP contribution in [0.4, 0.5) is 0 Å². The maximum Gasteiger partial charge on any atom is 0.397 e. The smallest absolute Gasteiger partial charge is 0.393 e. The Labute approximate surface area is 291 Å². The fourth-order valence-corrected chi connectivity index (χ4v) is 11.3. The largest absolute Gasteiger partial charge is 0.397 e. The molecular formula is C34H67N3O9S2. The highest BCUT2D eigenvalue weighted by Gasteiger charge is 2.62. The molecule has 0 heterocycles. The lowest BCUT2D eigenvalue weighted by atomic mass is 9.43. The molecule has 0 aliphatic heterocycles. The number of hydrogen-bond acceptors (Lipinski definition) is 9. The van der Waals surface area contributed by atoms with E-state index in [1.807, 2.05) is 13.8 Å². The summed E-state index contributed by atoms with van der Waals surface area (Å²) in [6, 6.07) is 0.573. The van der Waals surface area contributed by atoms with E-state index in [-0.39, 0.29) is 17.4 Å². The molecule has 0 aromatic carbocycles. The summed E-state index contributed by atoms with van der Waals surface area (Å²) in [5, 5.41) is 19.2. The molecule has 4 fully saturated rings. The number of hydrogen-bond donors (Lipinski definition) is 7. The predicted molar refractivity (Wildman–Crippen MR) is 188 cm³/mol. The van der Waals surface area contributed by atoms with Crippen LogP contribution in [0, 0.1) is 52.3 Å². The van der Waals surface area contributed by atoms with Crippen LogP contribution in [0.2, 0.25) is 0 Å². The molecule has 0 unspecified atom stereocenters. The number of rotatable bonds is 16. The van der Waals surface area contributed by atoms with Crippen LogP contribution >= 0.6 is 0 Å². The quantitative estimate of drug-likeness (QED) is 0.0838. The van der Waals surface area contributed by atoms with Crippen LogP contribution in [0.1, 0.15) is 118 Å². The van der Waals surface area contributed by atoms with Crippen molar-refractivity contribution in [3.8, 4) is 0 Å². The van der Waals surface area contributed by atoms with Crippen LogP contribution < -0.4 is 16.4 Å². The first-order chi connectivity index (χ1) is 22.3. The van der Waals surface area contributed by atoms with E-state index >= 15 is 0 Å². The second kappa shape index (κ2) is 17.9. The van der Waals surface area contributed by atoms with Crippen molar-refractivity contribution < 1.29 is 39.8 Å². The molecule has 4 aliphatic rings. The third-order valence-electron chi connectivity index (χ3n) is 13.1. The lowest BCUT2D eigenvalue weighted by Crippen LogP contribution is -2.59. The zero-order valence-electron chi connectivity index (χ0n) is 30.0. The van der Waals surface area contributed by atoms with Gasteiger partial charge in [-0.15, -0.1) is 0 Å². The van der Waals surface area contributed by atoms with Crippen LogP contribution in [-0.4, -0.2) is 80.0 Å². The zero-order chi connectivity index (χ0) is 35.9. The third kappa shape index (κ3) is 11.5. The van der Waals surface area contributed by atoms with Gasteiger partial charge in [0, 0.05) is 6.04 Å². The minimum atomic E-state index is -4.67. The normalized spacial score (nSPS) is 36.4. The summed E-state index contributed by atoms with van der Waals surface area (Å²) in [6.07, 6.45) is 13.7. The van der Waals surface area contributed by atoms with Gasteiger partial charge >= 0.3 is 20.8 Å². The third-order valence-corrected chi connectivity index (χ3v) is 13.6. The molecule has 0 aromatic rings. The van der Waals surface area contributed by atoms with E-state index in [4.69, 9.17) is 27.4 Å². The number of nitrogens with two attached hydrogens (primary N) is 1.